The molecule has 1 heterocycles. The van der Waals surface area contributed by atoms with Gasteiger partial charge < -0.3 is 24.9 Å². The highest BCUT2D eigenvalue weighted by Gasteiger charge is 2.45. The molecule has 0 saturated heterocycles. The average molecular weight is 344 g/mol. The number of hydrogen-bond acceptors (Lipinski definition) is 5. The van der Waals surface area contributed by atoms with Crippen LogP contribution in [0.4, 0.5) is 0 Å². The smallest absolute Gasteiger partial charge is 0.255 e. The first-order valence-electron chi connectivity index (χ1n) is 7.97. The van der Waals surface area contributed by atoms with Gasteiger partial charge in [0, 0.05) is 18.4 Å². The van der Waals surface area contributed by atoms with Crippen molar-refractivity contribution in [3.8, 4) is 11.5 Å². The molecule has 1 aliphatic rings. The fourth-order valence-electron chi connectivity index (χ4n) is 2.71. The van der Waals surface area contributed by atoms with Crippen molar-refractivity contribution in [2.24, 2.45) is 11.7 Å². The van der Waals surface area contributed by atoms with Crippen LogP contribution in [0.3, 0.4) is 0 Å². The Hall–Kier alpha value is -2.96. The zero-order chi connectivity index (χ0) is 17.8. The summed E-state index contributed by atoms with van der Waals surface area (Å²) in [6.07, 6.45) is 2.43. The van der Waals surface area contributed by atoms with Gasteiger partial charge in [0.15, 0.2) is 18.1 Å². The number of hydrogen-bond donors (Lipinski definition) is 2. The number of carbonyl (C=O) groups is 2. The highest BCUT2D eigenvalue weighted by atomic mass is 16.5. The molecule has 2 atom stereocenters. The lowest BCUT2D eigenvalue weighted by atomic mass is 10.2. The Bertz CT molecular complexity index is 757. The molecule has 1 aromatic carbocycles. The van der Waals surface area contributed by atoms with E-state index in [2.05, 4.69) is 5.32 Å². The molecule has 132 valence electrons. The van der Waals surface area contributed by atoms with Crippen LogP contribution in [-0.2, 0) is 16.1 Å². The molecular weight excluding hydrogens is 324 g/mol. The average Bonchev–Trinajstić information content (AvgIpc) is 3.23. The topological polar surface area (TPSA) is 104 Å². The Morgan fingerprint density at radius 1 is 1.32 bits per heavy atom. The van der Waals surface area contributed by atoms with E-state index in [1.165, 1.54) is 7.11 Å². The van der Waals surface area contributed by atoms with Crippen molar-refractivity contribution in [3.05, 3.63) is 47.9 Å². The van der Waals surface area contributed by atoms with Crippen LogP contribution in [0.2, 0.25) is 0 Å². The quantitative estimate of drug-likeness (QED) is 0.756. The largest absolute Gasteiger partial charge is 0.493 e. The Kier molecular flexibility index (Phi) is 4.92. The number of primary amides is 1. The number of nitrogens with one attached hydrogen (secondary N) is 1. The molecule has 1 saturated carbocycles. The molecule has 2 unspecified atom stereocenters. The van der Waals surface area contributed by atoms with Gasteiger partial charge in [0.25, 0.3) is 5.91 Å². The molecule has 1 aliphatic carbocycles. The zero-order valence-corrected chi connectivity index (χ0v) is 13.9. The fraction of sp³-hybridized carbons (Fsp3) is 0.333. The predicted molar refractivity (Wildman–Crippen MR) is 89.1 cm³/mol. The molecule has 25 heavy (non-hydrogen) atoms. The summed E-state index contributed by atoms with van der Waals surface area (Å²) in [6.45, 7) is 0.162. The van der Waals surface area contributed by atoms with Crippen molar-refractivity contribution in [2.45, 2.75) is 18.9 Å². The maximum Gasteiger partial charge on any atom is 0.255 e. The van der Waals surface area contributed by atoms with Crippen molar-refractivity contribution in [1.82, 2.24) is 5.32 Å². The van der Waals surface area contributed by atoms with Crippen LogP contribution >= 0.6 is 0 Å². The molecule has 0 radical (unpaired) electrons. The van der Waals surface area contributed by atoms with Crippen molar-refractivity contribution < 1.29 is 23.5 Å². The molecule has 7 nitrogen and oxygen atoms in total. The van der Waals surface area contributed by atoms with Crippen LogP contribution in [0.1, 0.15) is 23.7 Å². The van der Waals surface area contributed by atoms with Crippen LogP contribution < -0.4 is 20.5 Å². The minimum atomic E-state index is -0.561. The van der Waals surface area contributed by atoms with Crippen LogP contribution in [0.15, 0.2) is 41.0 Å². The minimum absolute atomic E-state index is 0.00872. The first kappa shape index (κ1) is 16.9. The van der Waals surface area contributed by atoms with E-state index in [1.807, 2.05) is 12.1 Å². The third kappa shape index (κ3) is 4.12. The number of amides is 2. The molecule has 2 amide bonds. The van der Waals surface area contributed by atoms with E-state index in [-0.39, 0.29) is 24.3 Å². The summed E-state index contributed by atoms with van der Waals surface area (Å²) in [6, 6.07) is 8.97. The van der Waals surface area contributed by atoms with E-state index < -0.39 is 5.91 Å². The molecule has 0 spiro atoms. The first-order valence-corrected chi connectivity index (χ1v) is 7.97. The lowest BCUT2D eigenvalue weighted by Gasteiger charge is -2.11. The number of nitrogens with two attached hydrogens (primary N) is 1. The lowest BCUT2D eigenvalue weighted by Crippen LogP contribution is -2.25. The van der Waals surface area contributed by atoms with Gasteiger partial charge in [-0.05, 0) is 36.2 Å². The molecule has 1 fully saturated rings. The molecule has 3 N–H and O–H groups in total. The summed E-state index contributed by atoms with van der Waals surface area (Å²) in [7, 11) is 1.51. The minimum Gasteiger partial charge on any atom is -0.493 e. The van der Waals surface area contributed by atoms with Crippen LogP contribution in [0.25, 0.3) is 0 Å². The van der Waals surface area contributed by atoms with Gasteiger partial charge in [-0.1, -0.05) is 6.07 Å². The first-order chi connectivity index (χ1) is 12.1. The second-order valence-electron chi connectivity index (χ2n) is 5.92. The van der Waals surface area contributed by atoms with Gasteiger partial charge in [0.05, 0.1) is 13.4 Å². The summed E-state index contributed by atoms with van der Waals surface area (Å²) in [5.74, 6) is 1.35. The zero-order valence-electron chi connectivity index (χ0n) is 13.9. The van der Waals surface area contributed by atoms with E-state index in [0.29, 0.717) is 18.0 Å². The normalized spacial score (nSPS) is 18.4. The number of furan rings is 1. The van der Waals surface area contributed by atoms with Crippen LogP contribution in [0, 0.1) is 5.92 Å². The lowest BCUT2D eigenvalue weighted by molar-refractivity contribution is -0.122. The fourth-order valence-corrected chi connectivity index (χ4v) is 2.71. The second-order valence-corrected chi connectivity index (χ2v) is 5.92. The predicted octanol–water partition coefficient (Wildman–Crippen LogP) is 1.57. The monoisotopic (exact) mass is 344 g/mol. The second kappa shape index (κ2) is 7.29. The van der Waals surface area contributed by atoms with E-state index in [0.717, 1.165) is 17.7 Å². The third-order valence-electron chi connectivity index (χ3n) is 4.10. The number of rotatable bonds is 8. The summed E-state index contributed by atoms with van der Waals surface area (Å²) in [4.78, 5) is 23.0. The van der Waals surface area contributed by atoms with Crippen LogP contribution in [0.5, 0.6) is 11.5 Å². The highest BCUT2D eigenvalue weighted by Crippen LogP contribution is 2.47. The van der Waals surface area contributed by atoms with Gasteiger partial charge in [-0.25, -0.2) is 0 Å². The highest BCUT2D eigenvalue weighted by molar-refractivity contribution is 5.82. The maximum atomic E-state index is 12.2. The van der Waals surface area contributed by atoms with Crippen molar-refractivity contribution in [3.63, 3.8) is 0 Å². The van der Waals surface area contributed by atoms with Gasteiger partial charge in [0.2, 0.25) is 5.91 Å². The molecular formula is C18H20N2O5. The Morgan fingerprint density at radius 3 is 2.84 bits per heavy atom. The summed E-state index contributed by atoms with van der Waals surface area (Å²) in [5.41, 5.74) is 5.93. The van der Waals surface area contributed by atoms with E-state index in [1.54, 1.807) is 24.5 Å². The Morgan fingerprint density at radius 2 is 2.16 bits per heavy atom. The SMILES string of the molecule is COc1cc(CNC(=O)C2CC2c2ccco2)ccc1OCC(N)=O. The Balaban J connectivity index is 1.54. The van der Waals surface area contributed by atoms with Crippen molar-refractivity contribution in [2.75, 3.05) is 13.7 Å². The standard InChI is InChI=1S/C18H20N2O5/c1-23-16-7-11(4-5-15(16)25-10-17(19)21)9-20-18(22)13-8-12(13)14-3-2-6-24-14/h2-7,12-13H,8-10H2,1H3,(H2,19,21)(H,20,22). The van der Waals surface area contributed by atoms with Gasteiger partial charge in [-0.3, -0.25) is 9.59 Å². The maximum absolute atomic E-state index is 12.2. The van der Waals surface area contributed by atoms with Gasteiger partial charge >= 0.3 is 0 Å². The number of methoxy groups -OCH3 is 1. The number of ether oxygens (including phenoxy) is 2. The molecule has 0 aliphatic heterocycles. The van der Waals surface area contributed by atoms with Gasteiger partial charge in [-0.15, -0.1) is 0 Å². The molecule has 1 aromatic heterocycles. The number of carbonyl (C=O) groups excluding carboxylic acids is 2. The van der Waals surface area contributed by atoms with E-state index >= 15 is 0 Å². The van der Waals surface area contributed by atoms with Crippen molar-refractivity contribution >= 4 is 11.8 Å². The van der Waals surface area contributed by atoms with E-state index in [4.69, 9.17) is 19.6 Å². The molecule has 3 rings (SSSR count). The van der Waals surface area contributed by atoms with Crippen molar-refractivity contribution in [1.29, 1.82) is 0 Å². The Labute approximate surface area is 145 Å². The number of benzene rings is 1. The molecule has 0 bridgehead atoms. The summed E-state index contributed by atoms with van der Waals surface area (Å²) < 4.78 is 15.9. The van der Waals surface area contributed by atoms with Gasteiger partial charge in [-0.2, -0.15) is 0 Å². The third-order valence-corrected chi connectivity index (χ3v) is 4.10. The van der Waals surface area contributed by atoms with Crippen LogP contribution in [-0.4, -0.2) is 25.5 Å². The summed E-state index contributed by atoms with van der Waals surface area (Å²) in [5, 5.41) is 2.92. The molecule has 2 aromatic rings. The van der Waals surface area contributed by atoms with E-state index in [9.17, 15) is 9.59 Å². The van der Waals surface area contributed by atoms with Gasteiger partial charge in [0.1, 0.15) is 5.76 Å². The summed E-state index contributed by atoms with van der Waals surface area (Å²) >= 11 is 0. The molecule has 7 heteroatoms.